The molecule has 3 rings (SSSR count). The van der Waals surface area contributed by atoms with Gasteiger partial charge in [-0.15, -0.1) is 0 Å². The van der Waals surface area contributed by atoms with E-state index in [0.29, 0.717) is 27.7 Å². The number of nitrogen functional groups attached to an aromatic ring is 1. The summed E-state index contributed by atoms with van der Waals surface area (Å²) in [6.45, 7) is 0. The van der Waals surface area contributed by atoms with Gasteiger partial charge in [-0.2, -0.15) is 8.75 Å². The monoisotopic (exact) mass is 278 g/mol. The fraction of sp³-hybridized carbons (Fsp3) is 0. The van der Waals surface area contributed by atoms with E-state index in [0.717, 1.165) is 17.2 Å². The lowest BCUT2D eigenvalue weighted by molar-refractivity contribution is 1.17. The van der Waals surface area contributed by atoms with Gasteiger partial charge in [-0.1, -0.05) is 11.6 Å². The second-order valence-electron chi connectivity index (χ2n) is 3.51. The molecule has 0 amide bonds. The Kier molecular flexibility index (Phi) is 2.69. The number of hydrogen-bond acceptors (Lipinski definition) is 7. The van der Waals surface area contributed by atoms with Crippen LogP contribution in [0.5, 0.6) is 0 Å². The Hall–Kier alpha value is -1.99. The van der Waals surface area contributed by atoms with Crippen LogP contribution in [0.2, 0.25) is 5.02 Å². The third-order valence-electron chi connectivity index (χ3n) is 2.36. The Bertz CT molecular complexity index is 712. The highest BCUT2D eigenvalue weighted by Gasteiger charge is 2.11. The number of hydrogen-bond donors (Lipinski definition) is 2. The van der Waals surface area contributed by atoms with E-state index in [9.17, 15) is 0 Å². The number of halogens is 1. The van der Waals surface area contributed by atoms with Crippen LogP contribution in [0, 0.1) is 0 Å². The van der Waals surface area contributed by atoms with E-state index in [1.165, 1.54) is 12.5 Å². The lowest BCUT2D eigenvalue weighted by Crippen LogP contribution is -2.00. The average Bonchev–Trinajstić information content (AvgIpc) is 2.83. The molecule has 0 atom stereocenters. The third-order valence-corrected chi connectivity index (χ3v) is 3.22. The standard InChI is InChI=1S/C10H7ClN6S/c11-5-1-2-7-9(17-18-16-7)8(5)15-10-6(12)3-13-4-14-10/h1-4H,12H2,(H,13,14,15). The smallest absolute Gasteiger partial charge is 0.157 e. The summed E-state index contributed by atoms with van der Waals surface area (Å²) in [4.78, 5) is 7.88. The predicted octanol–water partition coefficient (Wildman–Crippen LogP) is 2.46. The molecule has 0 unspecified atom stereocenters. The fourth-order valence-corrected chi connectivity index (χ4v) is 2.25. The molecule has 6 nitrogen and oxygen atoms in total. The molecule has 0 fully saturated rings. The lowest BCUT2D eigenvalue weighted by Gasteiger charge is -2.09. The zero-order valence-corrected chi connectivity index (χ0v) is 10.5. The van der Waals surface area contributed by atoms with Crippen molar-refractivity contribution in [1.82, 2.24) is 18.7 Å². The molecule has 8 heteroatoms. The molecule has 0 saturated heterocycles. The number of aromatic nitrogens is 4. The molecular formula is C10H7ClN6S. The van der Waals surface area contributed by atoms with E-state index in [-0.39, 0.29) is 0 Å². The van der Waals surface area contributed by atoms with Gasteiger partial charge < -0.3 is 11.1 Å². The maximum absolute atomic E-state index is 6.15. The van der Waals surface area contributed by atoms with Crippen LogP contribution in [0.15, 0.2) is 24.7 Å². The molecule has 0 spiro atoms. The second-order valence-corrected chi connectivity index (χ2v) is 4.44. The minimum absolute atomic E-state index is 0.439. The summed E-state index contributed by atoms with van der Waals surface area (Å²) in [5, 5.41) is 3.60. The Balaban J connectivity index is 2.12. The number of benzene rings is 1. The molecule has 0 bridgehead atoms. The maximum atomic E-state index is 6.15. The van der Waals surface area contributed by atoms with Crippen molar-refractivity contribution in [2.75, 3.05) is 11.1 Å². The van der Waals surface area contributed by atoms with Crippen molar-refractivity contribution in [2.24, 2.45) is 0 Å². The van der Waals surface area contributed by atoms with Crippen LogP contribution >= 0.6 is 23.3 Å². The summed E-state index contributed by atoms with van der Waals surface area (Å²) in [6, 6.07) is 3.57. The van der Waals surface area contributed by atoms with Crippen molar-refractivity contribution in [3.05, 3.63) is 29.7 Å². The number of anilines is 3. The first-order valence-corrected chi connectivity index (χ1v) is 6.10. The fourth-order valence-electron chi connectivity index (χ4n) is 1.51. The molecule has 1 aromatic carbocycles. The van der Waals surface area contributed by atoms with Crippen LogP contribution in [-0.4, -0.2) is 18.7 Å². The van der Waals surface area contributed by atoms with Crippen LogP contribution in [0.3, 0.4) is 0 Å². The number of nitrogens with two attached hydrogens (primary N) is 1. The third kappa shape index (κ3) is 1.83. The highest BCUT2D eigenvalue weighted by molar-refractivity contribution is 7.00. The van der Waals surface area contributed by atoms with Gasteiger partial charge in [0.05, 0.1) is 34.3 Å². The molecule has 0 saturated carbocycles. The van der Waals surface area contributed by atoms with E-state index in [1.54, 1.807) is 6.07 Å². The van der Waals surface area contributed by atoms with Gasteiger partial charge in [0, 0.05) is 0 Å². The van der Waals surface area contributed by atoms with E-state index in [4.69, 9.17) is 17.3 Å². The molecule has 90 valence electrons. The lowest BCUT2D eigenvalue weighted by atomic mass is 10.2. The maximum Gasteiger partial charge on any atom is 0.157 e. The van der Waals surface area contributed by atoms with Crippen LogP contribution in [0.4, 0.5) is 17.2 Å². The number of rotatable bonds is 2. The highest BCUT2D eigenvalue weighted by Crippen LogP contribution is 2.32. The topological polar surface area (TPSA) is 89.6 Å². The van der Waals surface area contributed by atoms with Gasteiger partial charge >= 0.3 is 0 Å². The van der Waals surface area contributed by atoms with Gasteiger partial charge in [-0.05, 0) is 12.1 Å². The van der Waals surface area contributed by atoms with Crippen LogP contribution in [-0.2, 0) is 0 Å². The average molecular weight is 279 g/mol. The Labute approximate surface area is 111 Å². The summed E-state index contributed by atoms with van der Waals surface area (Å²) in [5.74, 6) is 0.493. The van der Waals surface area contributed by atoms with E-state index >= 15 is 0 Å². The van der Waals surface area contributed by atoms with Gasteiger partial charge in [-0.25, -0.2) is 9.97 Å². The Morgan fingerprint density at radius 2 is 2.17 bits per heavy atom. The number of nitrogens with one attached hydrogen (secondary N) is 1. The molecule has 0 aliphatic carbocycles. The van der Waals surface area contributed by atoms with Gasteiger partial charge in [-0.3, -0.25) is 0 Å². The molecular weight excluding hydrogens is 272 g/mol. The van der Waals surface area contributed by atoms with E-state index in [1.807, 2.05) is 6.07 Å². The molecule has 0 aliphatic rings. The van der Waals surface area contributed by atoms with Crippen LogP contribution < -0.4 is 11.1 Å². The van der Waals surface area contributed by atoms with E-state index < -0.39 is 0 Å². The van der Waals surface area contributed by atoms with Crippen molar-refractivity contribution in [2.45, 2.75) is 0 Å². The van der Waals surface area contributed by atoms with Gasteiger partial charge in [0.15, 0.2) is 5.82 Å². The Morgan fingerprint density at radius 1 is 1.28 bits per heavy atom. The predicted molar refractivity (Wildman–Crippen MR) is 72.2 cm³/mol. The zero-order chi connectivity index (χ0) is 12.5. The first kappa shape index (κ1) is 11.1. The first-order chi connectivity index (χ1) is 8.75. The van der Waals surface area contributed by atoms with Crippen molar-refractivity contribution in [3.8, 4) is 0 Å². The largest absolute Gasteiger partial charge is 0.394 e. The number of nitrogens with zero attached hydrogens (tertiary/aromatic N) is 4. The van der Waals surface area contributed by atoms with E-state index in [2.05, 4.69) is 24.0 Å². The minimum Gasteiger partial charge on any atom is -0.394 e. The normalized spacial score (nSPS) is 10.7. The molecule has 0 aliphatic heterocycles. The van der Waals surface area contributed by atoms with Crippen molar-refractivity contribution >= 4 is 51.6 Å². The SMILES string of the molecule is Nc1cncnc1Nc1c(Cl)ccc2nsnc12. The molecule has 18 heavy (non-hydrogen) atoms. The molecule has 2 aromatic heterocycles. The first-order valence-electron chi connectivity index (χ1n) is 4.99. The summed E-state index contributed by atoms with van der Waals surface area (Å²) in [7, 11) is 0. The molecule has 0 radical (unpaired) electrons. The van der Waals surface area contributed by atoms with Crippen molar-refractivity contribution < 1.29 is 0 Å². The van der Waals surface area contributed by atoms with Crippen molar-refractivity contribution in [1.29, 1.82) is 0 Å². The van der Waals surface area contributed by atoms with Gasteiger partial charge in [0.25, 0.3) is 0 Å². The molecule has 2 heterocycles. The second kappa shape index (κ2) is 4.35. The van der Waals surface area contributed by atoms with Crippen LogP contribution in [0.1, 0.15) is 0 Å². The zero-order valence-electron chi connectivity index (χ0n) is 8.96. The summed E-state index contributed by atoms with van der Waals surface area (Å²) < 4.78 is 8.36. The Morgan fingerprint density at radius 3 is 3.00 bits per heavy atom. The number of fused-ring (bicyclic) bond motifs is 1. The summed E-state index contributed by atoms with van der Waals surface area (Å²) >= 11 is 7.28. The molecule has 3 N–H and O–H groups in total. The molecule has 3 aromatic rings. The summed E-state index contributed by atoms with van der Waals surface area (Å²) in [5.41, 5.74) is 8.34. The van der Waals surface area contributed by atoms with Gasteiger partial charge in [0.2, 0.25) is 0 Å². The minimum atomic E-state index is 0.439. The quantitative estimate of drug-likeness (QED) is 0.748. The summed E-state index contributed by atoms with van der Waals surface area (Å²) in [6.07, 6.45) is 2.93. The highest BCUT2D eigenvalue weighted by atomic mass is 35.5. The van der Waals surface area contributed by atoms with Gasteiger partial charge in [0.1, 0.15) is 17.4 Å². The van der Waals surface area contributed by atoms with Crippen LogP contribution in [0.25, 0.3) is 11.0 Å². The van der Waals surface area contributed by atoms with Crippen molar-refractivity contribution in [3.63, 3.8) is 0 Å².